The van der Waals surface area contributed by atoms with E-state index in [2.05, 4.69) is 14.7 Å². The average molecular weight is 554 g/mol. The number of nitrogens with zero attached hydrogens (tertiary/aromatic N) is 3. The molecule has 0 aliphatic carbocycles. The molecule has 37 heavy (non-hydrogen) atoms. The molecule has 9 nitrogen and oxygen atoms in total. The van der Waals surface area contributed by atoms with Gasteiger partial charge in [0, 0.05) is 29.6 Å². The number of pyridine rings is 1. The fraction of sp³-hybridized carbons (Fsp3) is 0.381. The number of carboxylic acid groups (broad SMARTS) is 1. The minimum atomic E-state index is -4.91. The van der Waals surface area contributed by atoms with Gasteiger partial charge in [0.05, 0.1) is 34.0 Å². The third kappa shape index (κ3) is 6.49. The predicted octanol–water partition coefficient (Wildman–Crippen LogP) is 4.56. The molecule has 2 unspecified atom stereocenters. The van der Waals surface area contributed by atoms with Crippen molar-refractivity contribution in [2.75, 3.05) is 36.2 Å². The number of hydrogen-bond donors (Lipinski definition) is 2. The molecule has 16 heteroatoms. The minimum Gasteiger partial charge on any atom is -0.463 e. The number of carbonyl (C=O) groups is 2. The van der Waals surface area contributed by atoms with E-state index in [4.69, 9.17) is 9.84 Å². The van der Waals surface area contributed by atoms with Crippen LogP contribution in [0.25, 0.3) is 0 Å². The van der Waals surface area contributed by atoms with E-state index in [0.717, 1.165) is 24.1 Å². The van der Waals surface area contributed by atoms with E-state index in [0.29, 0.717) is 6.20 Å². The first-order valence-corrected chi connectivity index (χ1v) is 12.3. The van der Waals surface area contributed by atoms with Gasteiger partial charge in [-0.3, -0.25) is 4.79 Å². The van der Waals surface area contributed by atoms with Crippen LogP contribution < -0.4 is 10.2 Å². The Bertz CT molecular complexity index is 1340. The number of carbonyl (C=O) groups excluding carboxylic acids is 1. The standard InChI is InChI=1S/C21H20F6N4O5S/c1-11-14(20(22,23)24)9-28-17(31-6-7-36-15(10-31)21(25,26)27)16(11)18(32)29-12-4-3-5-13(8-12)37(2,35)30-19(33)34/h3-5,8-9,15H,6-7,10H2,1-2H3,(H,29,32)(H,33,34). The molecular formula is C21H20F6N4O5S. The van der Waals surface area contributed by atoms with Crippen molar-refractivity contribution in [3.63, 3.8) is 0 Å². The number of anilines is 2. The van der Waals surface area contributed by atoms with Gasteiger partial charge in [-0.05, 0) is 30.7 Å². The van der Waals surface area contributed by atoms with Crippen LogP contribution in [0, 0.1) is 6.92 Å². The van der Waals surface area contributed by atoms with Gasteiger partial charge in [0.1, 0.15) is 5.82 Å². The first-order valence-electron chi connectivity index (χ1n) is 10.4. The summed E-state index contributed by atoms with van der Waals surface area (Å²) in [5.74, 6) is -1.53. The van der Waals surface area contributed by atoms with E-state index in [-0.39, 0.29) is 17.1 Å². The van der Waals surface area contributed by atoms with Crippen molar-refractivity contribution in [1.29, 1.82) is 0 Å². The zero-order valence-electron chi connectivity index (χ0n) is 19.2. The van der Waals surface area contributed by atoms with Crippen molar-refractivity contribution >= 4 is 33.2 Å². The largest absolute Gasteiger partial charge is 0.463 e. The molecule has 1 aliphatic rings. The molecule has 3 rings (SSSR count). The molecular weight excluding hydrogens is 534 g/mol. The second-order valence-electron chi connectivity index (χ2n) is 8.00. The molecule has 2 heterocycles. The molecule has 1 fully saturated rings. The number of ether oxygens (including phenoxy) is 1. The van der Waals surface area contributed by atoms with Crippen LogP contribution in [0.4, 0.5) is 42.6 Å². The van der Waals surface area contributed by atoms with Crippen molar-refractivity contribution in [2.45, 2.75) is 30.3 Å². The quantitative estimate of drug-likeness (QED) is 0.532. The van der Waals surface area contributed by atoms with Gasteiger partial charge in [-0.15, -0.1) is 4.36 Å². The Hall–Kier alpha value is -3.40. The van der Waals surface area contributed by atoms with Crippen LogP contribution in [0.2, 0.25) is 0 Å². The zero-order chi connectivity index (χ0) is 27.8. The summed E-state index contributed by atoms with van der Waals surface area (Å²) in [6.45, 7) is -0.390. The third-order valence-electron chi connectivity index (χ3n) is 5.36. The van der Waals surface area contributed by atoms with E-state index >= 15 is 0 Å². The van der Waals surface area contributed by atoms with Crippen LogP contribution in [-0.4, -0.2) is 64.5 Å². The molecule has 2 amide bonds. The lowest BCUT2D eigenvalue weighted by Crippen LogP contribution is -2.50. The summed E-state index contributed by atoms with van der Waals surface area (Å²) in [5.41, 5.74) is -2.51. The van der Waals surface area contributed by atoms with Gasteiger partial charge in [0.2, 0.25) is 0 Å². The number of rotatable bonds is 4. The predicted molar refractivity (Wildman–Crippen MR) is 119 cm³/mol. The zero-order valence-corrected chi connectivity index (χ0v) is 20.0. The highest BCUT2D eigenvalue weighted by Crippen LogP contribution is 2.37. The van der Waals surface area contributed by atoms with Crippen LogP contribution in [-0.2, 0) is 20.6 Å². The Morgan fingerprint density at radius 1 is 1.24 bits per heavy atom. The first kappa shape index (κ1) is 28.2. The number of nitrogens with one attached hydrogen (secondary N) is 1. The van der Waals surface area contributed by atoms with Crippen molar-refractivity contribution in [1.82, 2.24) is 4.98 Å². The van der Waals surface area contributed by atoms with Gasteiger partial charge >= 0.3 is 18.4 Å². The fourth-order valence-electron chi connectivity index (χ4n) is 3.63. The average Bonchev–Trinajstić information content (AvgIpc) is 2.76. The summed E-state index contributed by atoms with van der Waals surface area (Å²) in [4.78, 5) is 28.7. The maximum Gasteiger partial charge on any atom is 0.439 e. The Balaban J connectivity index is 2.06. The van der Waals surface area contributed by atoms with Gasteiger partial charge in [-0.25, -0.2) is 14.0 Å². The molecule has 0 radical (unpaired) electrons. The van der Waals surface area contributed by atoms with Crippen LogP contribution in [0.3, 0.4) is 0 Å². The summed E-state index contributed by atoms with van der Waals surface area (Å²) in [5, 5.41) is 11.1. The molecule has 1 aromatic carbocycles. The highest BCUT2D eigenvalue weighted by atomic mass is 32.2. The van der Waals surface area contributed by atoms with Crippen LogP contribution in [0.1, 0.15) is 21.5 Å². The number of aromatic nitrogens is 1. The summed E-state index contributed by atoms with van der Waals surface area (Å²) in [7, 11) is -3.43. The second-order valence-corrected chi connectivity index (χ2v) is 10.3. The number of morpholine rings is 1. The minimum absolute atomic E-state index is 0.0735. The molecule has 2 atom stereocenters. The Morgan fingerprint density at radius 3 is 2.51 bits per heavy atom. The maximum atomic E-state index is 13.6. The van der Waals surface area contributed by atoms with Crippen molar-refractivity contribution in [2.24, 2.45) is 4.36 Å². The molecule has 1 saturated heterocycles. The molecule has 2 N–H and O–H groups in total. The maximum absolute atomic E-state index is 13.6. The lowest BCUT2D eigenvalue weighted by atomic mass is 10.0. The van der Waals surface area contributed by atoms with Crippen molar-refractivity contribution in [3.05, 3.63) is 47.2 Å². The molecule has 202 valence electrons. The normalized spacial score (nSPS) is 18.2. The Kier molecular flexibility index (Phi) is 7.74. The third-order valence-corrected chi connectivity index (χ3v) is 7.00. The van der Waals surface area contributed by atoms with Crippen LogP contribution in [0.15, 0.2) is 39.7 Å². The second kappa shape index (κ2) is 10.2. The van der Waals surface area contributed by atoms with E-state index in [1.165, 1.54) is 18.2 Å². The summed E-state index contributed by atoms with van der Waals surface area (Å²) < 4.78 is 101. The highest BCUT2D eigenvalue weighted by Gasteiger charge is 2.44. The monoisotopic (exact) mass is 554 g/mol. The molecule has 0 spiro atoms. The highest BCUT2D eigenvalue weighted by molar-refractivity contribution is 7.93. The molecule has 1 aromatic heterocycles. The summed E-state index contributed by atoms with van der Waals surface area (Å²) >= 11 is 0. The van der Waals surface area contributed by atoms with E-state index < -0.39 is 75.8 Å². The Labute approximate surface area is 206 Å². The van der Waals surface area contributed by atoms with Gasteiger partial charge in [0.15, 0.2) is 6.10 Å². The molecule has 1 aliphatic heterocycles. The smallest absolute Gasteiger partial charge is 0.439 e. The molecule has 0 bridgehead atoms. The fourth-order valence-corrected chi connectivity index (χ4v) is 4.71. The topological polar surface area (TPSA) is 121 Å². The van der Waals surface area contributed by atoms with Gasteiger partial charge in [0.25, 0.3) is 5.91 Å². The number of benzene rings is 1. The first-order chi connectivity index (χ1) is 17.0. The van der Waals surface area contributed by atoms with Gasteiger partial charge in [-0.1, -0.05) is 6.07 Å². The summed E-state index contributed by atoms with van der Waals surface area (Å²) in [6, 6.07) is 5.00. The lowest BCUT2D eigenvalue weighted by molar-refractivity contribution is -0.221. The molecule has 0 saturated carbocycles. The number of alkyl halides is 6. The van der Waals surface area contributed by atoms with Crippen LogP contribution >= 0.6 is 0 Å². The Morgan fingerprint density at radius 2 is 1.92 bits per heavy atom. The number of amides is 2. The van der Waals surface area contributed by atoms with Crippen LogP contribution in [0.5, 0.6) is 0 Å². The van der Waals surface area contributed by atoms with E-state index in [1.807, 2.05) is 0 Å². The van der Waals surface area contributed by atoms with Crippen molar-refractivity contribution in [3.8, 4) is 0 Å². The van der Waals surface area contributed by atoms with E-state index in [9.17, 15) is 40.1 Å². The summed E-state index contributed by atoms with van der Waals surface area (Å²) in [6.07, 6.45) is -12.1. The SMILES string of the molecule is Cc1c(C(F)(F)F)cnc(N2CCOC(C(F)(F)F)C2)c1C(=O)Nc1cccc(S(C)(=O)=NC(=O)O)c1. The molecule has 2 aromatic rings. The van der Waals surface area contributed by atoms with E-state index in [1.54, 1.807) is 0 Å². The van der Waals surface area contributed by atoms with Gasteiger partial charge < -0.3 is 20.1 Å². The number of hydrogen-bond acceptors (Lipinski definition) is 6. The lowest BCUT2D eigenvalue weighted by Gasteiger charge is -2.35. The van der Waals surface area contributed by atoms with Crippen molar-refractivity contribution < 1.29 is 50.0 Å². The number of halogens is 6. The van der Waals surface area contributed by atoms with Gasteiger partial charge in [-0.2, -0.15) is 26.3 Å².